The molecule has 0 aromatic heterocycles. The number of aliphatic carboxylic acids is 1. The third-order valence-electron chi connectivity index (χ3n) is 6.75. The SMILES string of the molecule is CC(=N)N1CCC(Oc2cc3c(cc2Cl)N(S(=O)(=O)CC(=O)O)C(C=Cc2cc(C(=N)N)ccc2O)C3)CC1. The Morgan fingerprint density at radius 2 is 1.92 bits per heavy atom. The van der Waals surface area contributed by atoms with Gasteiger partial charge < -0.3 is 25.6 Å². The van der Waals surface area contributed by atoms with Gasteiger partial charge in [0.05, 0.1) is 22.6 Å². The van der Waals surface area contributed by atoms with E-state index in [0.29, 0.717) is 54.2 Å². The minimum Gasteiger partial charge on any atom is -0.507 e. The molecule has 1 unspecified atom stereocenters. The largest absolute Gasteiger partial charge is 0.507 e. The molecular weight excluding hydrogens is 546 g/mol. The lowest BCUT2D eigenvalue weighted by atomic mass is 10.1. The van der Waals surface area contributed by atoms with Gasteiger partial charge in [-0.05, 0) is 49.2 Å². The lowest BCUT2D eigenvalue weighted by Gasteiger charge is -2.33. The van der Waals surface area contributed by atoms with Crippen LogP contribution < -0.4 is 14.8 Å². The molecule has 6 N–H and O–H groups in total. The van der Waals surface area contributed by atoms with Gasteiger partial charge in [-0.2, -0.15) is 0 Å². The normalized spacial score (nSPS) is 17.8. The van der Waals surface area contributed by atoms with Crippen molar-refractivity contribution in [2.75, 3.05) is 23.1 Å². The van der Waals surface area contributed by atoms with Crippen LogP contribution >= 0.6 is 11.6 Å². The molecule has 2 aliphatic rings. The number of sulfonamides is 1. The standard InChI is InChI=1S/C26H30ClN5O6S/c1-15(28)31-8-6-20(7-9-31)38-24-12-18-11-19(4-2-16-10-17(26(29)30)3-5-23(16)33)32(22(18)13-21(24)27)39(36,37)14-25(34)35/h2-5,10,12-13,19-20,28,33H,6-9,11,14H2,1H3,(H3,29,30)(H,34,35). The van der Waals surface area contributed by atoms with Crippen molar-refractivity contribution in [2.45, 2.75) is 38.3 Å². The van der Waals surface area contributed by atoms with Gasteiger partial charge in [0.25, 0.3) is 0 Å². The van der Waals surface area contributed by atoms with Crippen molar-refractivity contribution in [1.29, 1.82) is 10.8 Å². The van der Waals surface area contributed by atoms with Crippen molar-refractivity contribution in [1.82, 2.24) is 4.90 Å². The van der Waals surface area contributed by atoms with Gasteiger partial charge in [0.15, 0.2) is 5.75 Å². The lowest BCUT2D eigenvalue weighted by Crippen LogP contribution is -2.40. The molecule has 11 nitrogen and oxygen atoms in total. The summed E-state index contributed by atoms with van der Waals surface area (Å²) < 4.78 is 33.5. The number of ether oxygens (including phenoxy) is 1. The predicted octanol–water partition coefficient (Wildman–Crippen LogP) is 3.03. The second-order valence-electron chi connectivity index (χ2n) is 9.56. The summed E-state index contributed by atoms with van der Waals surface area (Å²) in [6.07, 6.45) is 4.59. The number of carbonyl (C=O) groups is 1. The van der Waals surface area contributed by atoms with E-state index >= 15 is 0 Å². The quantitative estimate of drug-likeness (QED) is 0.235. The highest BCUT2D eigenvalue weighted by molar-refractivity contribution is 7.93. The van der Waals surface area contributed by atoms with E-state index in [1.807, 2.05) is 4.90 Å². The molecule has 13 heteroatoms. The fourth-order valence-electron chi connectivity index (χ4n) is 4.82. The molecule has 1 fully saturated rings. The Kier molecular flexibility index (Phi) is 8.07. The van der Waals surface area contributed by atoms with E-state index < -0.39 is 27.8 Å². The Morgan fingerprint density at radius 1 is 1.23 bits per heavy atom. The fourth-order valence-corrected chi connectivity index (χ4v) is 6.50. The number of anilines is 1. The maximum atomic E-state index is 13.2. The average molecular weight is 576 g/mol. The zero-order valence-corrected chi connectivity index (χ0v) is 22.8. The second kappa shape index (κ2) is 11.1. The van der Waals surface area contributed by atoms with Crippen molar-refractivity contribution < 1.29 is 28.2 Å². The lowest BCUT2D eigenvalue weighted by molar-refractivity contribution is -0.134. The number of benzene rings is 2. The van der Waals surface area contributed by atoms with Crippen LogP contribution in [0.15, 0.2) is 36.4 Å². The van der Waals surface area contributed by atoms with E-state index in [0.717, 1.165) is 4.31 Å². The summed E-state index contributed by atoms with van der Waals surface area (Å²) in [6.45, 7) is 3.12. The van der Waals surface area contributed by atoms with E-state index in [1.165, 1.54) is 30.3 Å². The summed E-state index contributed by atoms with van der Waals surface area (Å²) in [5.41, 5.74) is 7.13. The number of nitrogen functional groups attached to an aromatic ring is 1. The zero-order valence-electron chi connectivity index (χ0n) is 21.2. The molecule has 1 atom stereocenters. The Bertz CT molecular complexity index is 1450. The Labute approximate surface area is 231 Å². The molecule has 2 aromatic rings. The molecule has 1 saturated heterocycles. The summed E-state index contributed by atoms with van der Waals surface area (Å²) >= 11 is 6.53. The van der Waals surface area contributed by atoms with Crippen LogP contribution in [0.3, 0.4) is 0 Å². The fraction of sp³-hybridized carbons (Fsp3) is 0.346. The molecule has 208 valence electrons. The number of nitrogens with two attached hydrogens (primary N) is 1. The minimum absolute atomic E-state index is 0.0882. The van der Waals surface area contributed by atoms with Gasteiger partial charge in [0.2, 0.25) is 10.0 Å². The zero-order chi connectivity index (χ0) is 28.5. The highest BCUT2D eigenvalue weighted by Crippen LogP contribution is 2.42. The number of nitrogens with zero attached hydrogens (tertiary/aromatic N) is 2. The molecule has 0 amide bonds. The van der Waals surface area contributed by atoms with Gasteiger partial charge in [0.1, 0.15) is 23.4 Å². The molecule has 2 aromatic carbocycles. The number of carboxylic acids is 1. The van der Waals surface area contributed by atoms with Crippen LogP contribution in [-0.4, -0.2) is 72.2 Å². The van der Waals surface area contributed by atoms with Gasteiger partial charge in [-0.25, -0.2) is 8.42 Å². The number of fused-ring (bicyclic) bond motifs is 1. The first-order chi connectivity index (χ1) is 18.4. The summed E-state index contributed by atoms with van der Waals surface area (Å²) in [5, 5.41) is 35.1. The molecule has 0 bridgehead atoms. The second-order valence-corrected chi connectivity index (χ2v) is 11.8. The first-order valence-electron chi connectivity index (χ1n) is 12.2. The Morgan fingerprint density at radius 3 is 2.54 bits per heavy atom. The van der Waals surface area contributed by atoms with Crippen molar-refractivity contribution in [3.63, 3.8) is 0 Å². The van der Waals surface area contributed by atoms with Crippen molar-refractivity contribution in [3.05, 3.63) is 58.1 Å². The third kappa shape index (κ3) is 6.28. The Hall–Kier alpha value is -3.77. The Balaban J connectivity index is 1.65. The van der Waals surface area contributed by atoms with E-state index in [-0.39, 0.29) is 34.8 Å². The number of hydrogen-bond acceptors (Lipinski definition) is 7. The van der Waals surface area contributed by atoms with Gasteiger partial charge in [-0.1, -0.05) is 23.8 Å². The molecular formula is C26H30ClN5O6S. The van der Waals surface area contributed by atoms with Gasteiger partial charge in [-0.15, -0.1) is 0 Å². The number of phenolic OH excluding ortho intramolecular Hbond substituents is 1. The summed E-state index contributed by atoms with van der Waals surface area (Å²) in [4.78, 5) is 13.3. The maximum absolute atomic E-state index is 13.2. The number of aromatic hydroxyl groups is 1. The molecule has 39 heavy (non-hydrogen) atoms. The number of nitrogens with one attached hydrogen (secondary N) is 2. The first-order valence-corrected chi connectivity index (χ1v) is 14.2. The molecule has 0 aliphatic carbocycles. The monoisotopic (exact) mass is 575 g/mol. The van der Waals surface area contributed by atoms with Crippen molar-refractivity contribution in [2.24, 2.45) is 5.73 Å². The van der Waals surface area contributed by atoms with Crippen LogP contribution in [0.4, 0.5) is 5.69 Å². The van der Waals surface area contributed by atoms with Crippen LogP contribution in [0, 0.1) is 10.8 Å². The number of phenols is 1. The van der Waals surface area contributed by atoms with E-state index in [1.54, 1.807) is 19.1 Å². The van der Waals surface area contributed by atoms with E-state index in [9.17, 15) is 23.4 Å². The van der Waals surface area contributed by atoms with Gasteiger partial charge >= 0.3 is 5.97 Å². The number of hydrogen-bond donors (Lipinski definition) is 5. The summed E-state index contributed by atoms with van der Waals surface area (Å²) in [6, 6.07) is 6.75. The molecule has 0 spiro atoms. The van der Waals surface area contributed by atoms with E-state index in [4.69, 9.17) is 32.9 Å². The molecule has 4 rings (SSSR count). The first kappa shape index (κ1) is 28.2. The van der Waals surface area contributed by atoms with Gasteiger partial charge in [0, 0.05) is 37.1 Å². The molecule has 2 aliphatic heterocycles. The summed E-state index contributed by atoms with van der Waals surface area (Å²) in [7, 11) is -4.29. The van der Waals surface area contributed by atoms with Crippen LogP contribution in [-0.2, 0) is 21.2 Å². The smallest absolute Gasteiger partial charge is 0.320 e. The number of rotatable bonds is 8. The van der Waals surface area contributed by atoms with Crippen LogP contribution in [0.1, 0.15) is 36.5 Å². The third-order valence-corrected chi connectivity index (χ3v) is 8.73. The number of carboxylic acid groups (broad SMARTS) is 1. The minimum atomic E-state index is -4.29. The summed E-state index contributed by atoms with van der Waals surface area (Å²) in [5.74, 6) is -1.96. The van der Waals surface area contributed by atoms with Crippen LogP contribution in [0.25, 0.3) is 6.08 Å². The number of amidine groups is 2. The van der Waals surface area contributed by atoms with Crippen molar-refractivity contribution >= 4 is 51.0 Å². The topological polar surface area (TPSA) is 181 Å². The molecule has 0 radical (unpaired) electrons. The number of likely N-dealkylation sites (tertiary alicyclic amines) is 1. The molecule has 0 saturated carbocycles. The predicted molar refractivity (Wildman–Crippen MR) is 150 cm³/mol. The van der Waals surface area contributed by atoms with Crippen LogP contribution in [0.5, 0.6) is 11.5 Å². The molecule has 2 heterocycles. The average Bonchev–Trinajstić information content (AvgIpc) is 3.21. The van der Waals surface area contributed by atoms with Gasteiger partial charge in [-0.3, -0.25) is 19.9 Å². The highest BCUT2D eigenvalue weighted by atomic mass is 35.5. The maximum Gasteiger partial charge on any atom is 0.320 e. The van der Waals surface area contributed by atoms with Crippen LogP contribution in [0.2, 0.25) is 5.02 Å². The number of halogens is 1. The highest BCUT2D eigenvalue weighted by Gasteiger charge is 2.38. The van der Waals surface area contributed by atoms with E-state index in [2.05, 4.69) is 0 Å². The number of piperidine rings is 1. The van der Waals surface area contributed by atoms with Crippen molar-refractivity contribution in [3.8, 4) is 11.5 Å².